The minimum absolute atomic E-state index is 0.427. The van der Waals surface area contributed by atoms with E-state index in [1.807, 2.05) is 48.5 Å². The van der Waals surface area contributed by atoms with Crippen molar-refractivity contribution in [2.75, 3.05) is 6.54 Å². The van der Waals surface area contributed by atoms with Crippen LogP contribution in [-0.4, -0.2) is 27.6 Å². The molecule has 22 heavy (non-hydrogen) atoms. The van der Waals surface area contributed by atoms with Gasteiger partial charge in [-0.2, -0.15) is 0 Å². The molecule has 2 heterocycles. The Bertz CT molecular complexity index is 823. The van der Waals surface area contributed by atoms with Crippen molar-refractivity contribution in [1.29, 1.82) is 0 Å². The second-order valence-electron chi connectivity index (χ2n) is 5.35. The second kappa shape index (κ2) is 4.87. The van der Waals surface area contributed by atoms with Gasteiger partial charge >= 0.3 is 6.09 Å². The van der Waals surface area contributed by atoms with Crippen molar-refractivity contribution in [2.45, 2.75) is 12.5 Å². The van der Waals surface area contributed by atoms with Crippen LogP contribution >= 0.6 is 0 Å². The van der Waals surface area contributed by atoms with Gasteiger partial charge in [0.25, 0.3) is 0 Å². The minimum Gasteiger partial charge on any atom is -0.465 e. The third-order valence-electron chi connectivity index (χ3n) is 4.07. The topological polar surface area (TPSA) is 66.6 Å². The Balaban J connectivity index is 1.90. The summed E-state index contributed by atoms with van der Waals surface area (Å²) in [6.07, 6.45) is -0.249. The maximum absolute atomic E-state index is 11.6. The normalized spacial score (nSPS) is 17.5. The summed E-state index contributed by atoms with van der Waals surface area (Å²) in [5.41, 5.74) is 3.51. The summed E-state index contributed by atoms with van der Waals surface area (Å²) in [4.78, 5) is 17.5. The van der Waals surface area contributed by atoms with Crippen molar-refractivity contribution in [2.24, 2.45) is 0 Å². The third kappa shape index (κ3) is 1.94. The molecule has 1 aromatic heterocycles. The molecular weight excluding hydrogens is 280 g/mol. The summed E-state index contributed by atoms with van der Waals surface area (Å²) in [7, 11) is 0. The van der Waals surface area contributed by atoms with Crippen molar-refractivity contribution >= 4 is 17.2 Å². The molecule has 1 aliphatic heterocycles. The van der Waals surface area contributed by atoms with E-state index in [1.54, 1.807) is 0 Å². The molecule has 110 valence electrons. The Hall–Kier alpha value is -2.82. The molecule has 0 radical (unpaired) electrons. The predicted molar refractivity (Wildman–Crippen MR) is 80.7 cm³/mol. The molecule has 0 saturated heterocycles. The quantitative estimate of drug-likeness (QED) is 0.746. The molecule has 0 saturated carbocycles. The maximum Gasteiger partial charge on any atom is 0.408 e. The van der Waals surface area contributed by atoms with Gasteiger partial charge in [0, 0.05) is 6.54 Å². The fourth-order valence-electron chi connectivity index (χ4n) is 3.05. The van der Waals surface area contributed by atoms with Gasteiger partial charge in [-0.1, -0.05) is 36.4 Å². The zero-order chi connectivity index (χ0) is 15.1. The lowest BCUT2D eigenvalue weighted by molar-refractivity contribution is 0.122. The monoisotopic (exact) mass is 294 g/mol. The van der Waals surface area contributed by atoms with E-state index in [4.69, 9.17) is 4.42 Å². The molecule has 5 heteroatoms. The van der Waals surface area contributed by atoms with Crippen LogP contribution in [0.15, 0.2) is 52.9 Å². The second-order valence-corrected chi connectivity index (χ2v) is 5.35. The predicted octanol–water partition coefficient (Wildman–Crippen LogP) is 3.45. The van der Waals surface area contributed by atoms with E-state index >= 15 is 0 Å². The summed E-state index contributed by atoms with van der Waals surface area (Å²) in [6.45, 7) is 0.440. The van der Waals surface area contributed by atoms with Gasteiger partial charge in [-0.25, -0.2) is 9.78 Å². The number of hydrogen-bond acceptors (Lipinski definition) is 3. The summed E-state index contributed by atoms with van der Waals surface area (Å²) in [5.74, 6) is 0.427. The molecular formula is C17H14N2O3. The molecule has 0 bridgehead atoms. The molecule has 4 rings (SSSR count). The van der Waals surface area contributed by atoms with Crippen LogP contribution < -0.4 is 0 Å². The first-order valence-electron chi connectivity index (χ1n) is 7.17. The number of carbonyl (C=O) groups is 1. The van der Waals surface area contributed by atoms with Crippen LogP contribution in [0.4, 0.5) is 4.79 Å². The maximum atomic E-state index is 11.6. The number of carboxylic acid groups (broad SMARTS) is 1. The molecule has 0 spiro atoms. The molecule has 5 nitrogen and oxygen atoms in total. The number of rotatable bonds is 1. The fraction of sp³-hybridized carbons (Fsp3) is 0.176. The highest BCUT2D eigenvalue weighted by Crippen LogP contribution is 2.35. The van der Waals surface area contributed by atoms with Gasteiger partial charge in [0.2, 0.25) is 5.89 Å². The number of fused-ring (bicyclic) bond motifs is 2. The largest absolute Gasteiger partial charge is 0.465 e. The number of para-hydroxylation sites is 2. The minimum atomic E-state index is -0.957. The van der Waals surface area contributed by atoms with Gasteiger partial charge in [-0.15, -0.1) is 0 Å². The Morgan fingerprint density at radius 3 is 2.77 bits per heavy atom. The molecule has 3 aromatic rings. The van der Waals surface area contributed by atoms with Crippen LogP contribution in [0.5, 0.6) is 0 Å². The fourth-order valence-corrected chi connectivity index (χ4v) is 3.05. The first-order valence-corrected chi connectivity index (χ1v) is 7.17. The first kappa shape index (κ1) is 12.9. The highest BCUT2D eigenvalue weighted by molar-refractivity contribution is 5.73. The lowest BCUT2D eigenvalue weighted by Crippen LogP contribution is -2.39. The standard InChI is InChI=1S/C17H14N2O3/c20-17(21)19-10-9-11-5-1-2-6-12(11)15(19)16-18-13-7-3-4-8-14(13)22-16/h1-8,15H,9-10H2,(H,20,21). The highest BCUT2D eigenvalue weighted by Gasteiger charge is 2.35. The third-order valence-corrected chi connectivity index (χ3v) is 4.07. The van der Waals surface area contributed by atoms with E-state index in [0.29, 0.717) is 24.4 Å². The lowest BCUT2D eigenvalue weighted by Gasteiger charge is -2.33. The summed E-state index contributed by atoms with van der Waals surface area (Å²) in [5, 5.41) is 9.53. The zero-order valence-electron chi connectivity index (χ0n) is 11.8. The van der Waals surface area contributed by atoms with Gasteiger partial charge in [-0.3, -0.25) is 4.90 Å². The van der Waals surface area contributed by atoms with Crippen molar-refractivity contribution < 1.29 is 14.3 Å². The van der Waals surface area contributed by atoms with Crippen LogP contribution in [0.3, 0.4) is 0 Å². The molecule has 1 N–H and O–H groups in total. The van der Waals surface area contributed by atoms with E-state index in [2.05, 4.69) is 4.98 Å². The summed E-state index contributed by atoms with van der Waals surface area (Å²) < 4.78 is 5.83. The molecule has 0 aliphatic carbocycles. The van der Waals surface area contributed by atoms with Crippen LogP contribution in [0.2, 0.25) is 0 Å². The highest BCUT2D eigenvalue weighted by atomic mass is 16.4. The van der Waals surface area contributed by atoms with Crippen LogP contribution in [-0.2, 0) is 6.42 Å². The Morgan fingerprint density at radius 1 is 1.18 bits per heavy atom. The van der Waals surface area contributed by atoms with Gasteiger partial charge in [0.05, 0.1) is 0 Å². The summed E-state index contributed by atoms with van der Waals surface area (Å²) in [6, 6.07) is 14.8. The first-order chi connectivity index (χ1) is 10.7. The van der Waals surface area contributed by atoms with Crippen molar-refractivity contribution in [3.8, 4) is 0 Å². The number of benzene rings is 2. The lowest BCUT2D eigenvalue weighted by atomic mass is 9.93. The van der Waals surface area contributed by atoms with Gasteiger partial charge in [-0.05, 0) is 29.7 Å². The number of oxazole rings is 1. The van der Waals surface area contributed by atoms with Crippen molar-refractivity contribution in [3.05, 3.63) is 65.5 Å². The van der Waals surface area contributed by atoms with E-state index in [9.17, 15) is 9.90 Å². The van der Waals surface area contributed by atoms with Crippen LogP contribution in [0.25, 0.3) is 11.1 Å². The van der Waals surface area contributed by atoms with Crippen molar-refractivity contribution in [3.63, 3.8) is 0 Å². The molecule has 1 unspecified atom stereocenters. The Morgan fingerprint density at radius 2 is 1.95 bits per heavy atom. The Labute approximate surface area is 126 Å². The van der Waals surface area contributed by atoms with Gasteiger partial charge in [0.15, 0.2) is 5.58 Å². The smallest absolute Gasteiger partial charge is 0.408 e. The average Bonchev–Trinajstić information content (AvgIpc) is 2.97. The Kier molecular flexibility index (Phi) is 2.85. The molecule has 1 atom stereocenters. The zero-order valence-corrected chi connectivity index (χ0v) is 11.8. The van der Waals surface area contributed by atoms with E-state index < -0.39 is 12.1 Å². The van der Waals surface area contributed by atoms with Gasteiger partial charge < -0.3 is 9.52 Å². The number of hydrogen-bond donors (Lipinski definition) is 1. The number of aromatic nitrogens is 1. The van der Waals surface area contributed by atoms with E-state index in [0.717, 1.165) is 16.6 Å². The molecule has 1 aliphatic rings. The number of nitrogens with zero attached hydrogens (tertiary/aromatic N) is 2. The van der Waals surface area contributed by atoms with E-state index in [1.165, 1.54) is 4.90 Å². The van der Waals surface area contributed by atoms with Crippen LogP contribution in [0, 0.1) is 0 Å². The summed E-state index contributed by atoms with van der Waals surface area (Å²) >= 11 is 0. The number of amides is 1. The molecule has 2 aromatic carbocycles. The van der Waals surface area contributed by atoms with Crippen molar-refractivity contribution in [1.82, 2.24) is 9.88 Å². The average molecular weight is 294 g/mol. The SMILES string of the molecule is O=C(O)N1CCc2ccccc2C1c1nc2ccccc2o1. The van der Waals surface area contributed by atoms with Crippen LogP contribution in [0.1, 0.15) is 23.1 Å². The molecule has 1 amide bonds. The van der Waals surface area contributed by atoms with Gasteiger partial charge in [0.1, 0.15) is 11.6 Å². The molecule has 0 fully saturated rings. The van der Waals surface area contributed by atoms with E-state index in [-0.39, 0.29) is 0 Å².